The van der Waals surface area contributed by atoms with E-state index in [0.717, 1.165) is 16.3 Å². The third kappa shape index (κ3) is 3.87. The monoisotopic (exact) mass is 263 g/mol. The molecule has 1 aromatic carbocycles. The van der Waals surface area contributed by atoms with Crippen LogP contribution in [0.25, 0.3) is 0 Å². The highest BCUT2D eigenvalue weighted by Crippen LogP contribution is 2.33. The second-order valence-corrected chi connectivity index (χ2v) is 5.73. The van der Waals surface area contributed by atoms with E-state index >= 15 is 0 Å². The summed E-state index contributed by atoms with van der Waals surface area (Å²) in [4.78, 5) is 1.00. The zero-order valence-corrected chi connectivity index (χ0v) is 11.2. The first-order valence-electron chi connectivity index (χ1n) is 4.92. The molecular formula is C11H15Cl2NS. The average molecular weight is 264 g/mol. The van der Waals surface area contributed by atoms with E-state index in [1.54, 1.807) is 17.8 Å². The van der Waals surface area contributed by atoms with Gasteiger partial charge in [-0.3, -0.25) is 0 Å². The molecule has 0 saturated carbocycles. The van der Waals surface area contributed by atoms with Crippen LogP contribution in [0.3, 0.4) is 0 Å². The molecular weight excluding hydrogens is 249 g/mol. The summed E-state index contributed by atoms with van der Waals surface area (Å²) in [5, 5.41) is 1.78. The molecule has 0 heterocycles. The van der Waals surface area contributed by atoms with Crippen molar-refractivity contribution < 1.29 is 0 Å². The summed E-state index contributed by atoms with van der Waals surface area (Å²) in [6.07, 6.45) is 0.965. The molecule has 1 rings (SSSR count). The number of benzene rings is 1. The fourth-order valence-corrected chi connectivity index (χ4v) is 2.82. The lowest BCUT2D eigenvalue weighted by molar-refractivity contribution is 0.642. The highest BCUT2D eigenvalue weighted by atomic mass is 35.5. The van der Waals surface area contributed by atoms with Gasteiger partial charge in [0.1, 0.15) is 0 Å². The van der Waals surface area contributed by atoms with Gasteiger partial charge in [0.2, 0.25) is 0 Å². The summed E-state index contributed by atoms with van der Waals surface area (Å²) in [5.41, 5.74) is 5.96. The number of hydrogen-bond donors (Lipinski definition) is 1. The number of nitrogens with two attached hydrogens (primary N) is 1. The molecule has 0 saturated heterocycles. The van der Waals surface area contributed by atoms with Crippen molar-refractivity contribution in [2.24, 2.45) is 5.73 Å². The molecule has 2 N–H and O–H groups in total. The minimum absolute atomic E-state index is 0.185. The Kier molecular flexibility index (Phi) is 5.27. The fraction of sp³-hybridized carbons (Fsp3) is 0.455. The summed E-state index contributed by atoms with van der Waals surface area (Å²) in [7, 11) is 0. The van der Waals surface area contributed by atoms with Crippen molar-refractivity contribution in [1.29, 1.82) is 0 Å². The molecule has 2 atom stereocenters. The molecule has 0 aliphatic heterocycles. The van der Waals surface area contributed by atoms with E-state index in [4.69, 9.17) is 28.9 Å². The van der Waals surface area contributed by atoms with Crippen LogP contribution in [0.1, 0.15) is 20.3 Å². The van der Waals surface area contributed by atoms with Crippen molar-refractivity contribution in [3.05, 3.63) is 28.2 Å². The topological polar surface area (TPSA) is 26.0 Å². The van der Waals surface area contributed by atoms with Crippen LogP contribution in [-0.2, 0) is 0 Å². The quantitative estimate of drug-likeness (QED) is 0.824. The Hall–Kier alpha value is 0.110. The average Bonchev–Trinajstić information content (AvgIpc) is 2.22. The number of rotatable bonds is 4. The number of thioether (sulfide) groups is 1. The third-order valence-corrected chi connectivity index (χ3v) is 4.27. The van der Waals surface area contributed by atoms with Crippen molar-refractivity contribution >= 4 is 35.0 Å². The van der Waals surface area contributed by atoms with Crippen molar-refractivity contribution in [3.8, 4) is 0 Å². The molecule has 0 radical (unpaired) electrons. The van der Waals surface area contributed by atoms with Crippen LogP contribution >= 0.6 is 35.0 Å². The van der Waals surface area contributed by atoms with E-state index in [2.05, 4.69) is 13.8 Å². The van der Waals surface area contributed by atoms with E-state index in [0.29, 0.717) is 10.3 Å². The van der Waals surface area contributed by atoms with Gasteiger partial charge in [-0.25, -0.2) is 0 Å². The SMILES string of the molecule is CCC(N)C(C)Sc1cc(Cl)ccc1Cl. The Labute approximate surface area is 105 Å². The van der Waals surface area contributed by atoms with Gasteiger partial charge in [0.15, 0.2) is 0 Å². The summed E-state index contributed by atoms with van der Waals surface area (Å²) in [6, 6.07) is 5.67. The number of hydrogen-bond acceptors (Lipinski definition) is 2. The van der Waals surface area contributed by atoms with Crippen LogP contribution in [0.5, 0.6) is 0 Å². The molecule has 0 aliphatic carbocycles. The lowest BCUT2D eigenvalue weighted by atomic mass is 10.2. The highest BCUT2D eigenvalue weighted by Gasteiger charge is 2.13. The minimum atomic E-state index is 0.185. The molecule has 0 fully saturated rings. The first-order chi connectivity index (χ1) is 7.04. The van der Waals surface area contributed by atoms with Gasteiger partial charge in [-0.2, -0.15) is 0 Å². The van der Waals surface area contributed by atoms with E-state index in [9.17, 15) is 0 Å². The van der Waals surface area contributed by atoms with Crippen LogP contribution in [0, 0.1) is 0 Å². The molecule has 1 nitrogen and oxygen atoms in total. The van der Waals surface area contributed by atoms with E-state index in [1.807, 2.05) is 12.1 Å². The van der Waals surface area contributed by atoms with Gasteiger partial charge >= 0.3 is 0 Å². The lowest BCUT2D eigenvalue weighted by Crippen LogP contribution is -2.29. The maximum Gasteiger partial charge on any atom is 0.0543 e. The largest absolute Gasteiger partial charge is 0.327 e. The molecule has 1 aromatic rings. The van der Waals surface area contributed by atoms with Gasteiger partial charge in [0.05, 0.1) is 5.02 Å². The van der Waals surface area contributed by atoms with Gasteiger partial charge in [-0.1, -0.05) is 37.0 Å². The van der Waals surface area contributed by atoms with Crippen LogP contribution in [-0.4, -0.2) is 11.3 Å². The Morgan fingerprint density at radius 2 is 2.07 bits per heavy atom. The van der Waals surface area contributed by atoms with Crippen molar-refractivity contribution in [3.63, 3.8) is 0 Å². The molecule has 84 valence electrons. The van der Waals surface area contributed by atoms with Gasteiger partial charge in [0.25, 0.3) is 0 Å². The van der Waals surface area contributed by atoms with Crippen molar-refractivity contribution in [2.45, 2.75) is 36.5 Å². The standard InChI is InChI=1S/C11H15Cl2NS/c1-3-10(14)7(2)15-11-6-8(12)4-5-9(11)13/h4-7,10H,3,14H2,1-2H3. The maximum absolute atomic E-state index is 6.07. The van der Waals surface area contributed by atoms with Crippen LogP contribution in [0.4, 0.5) is 0 Å². The van der Waals surface area contributed by atoms with Gasteiger partial charge in [0, 0.05) is 21.2 Å². The van der Waals surface area contributed by atoms with Crippen molar-refractivity contribution in [2.75, 3.05) is 0 Å². The minimum Gasteiger partial charge on any atom is -0.327 e. The normalized spacial score (nSPS) is 15.0. The van der Waals surface area contributed by atoms with Crippen LogP contribution in [0.2, 0.25) is 10.0 Å². The van der Waals surface area contributed by atoms with Crippen LogP contribution in [0.15, 0.2) is 23.1 Å². The summed E-state index contributed by atoms with van der Waals surface area (Å²) in [6.45, 7) is 4.19. The molecule has 0 spiro atoms. The predicted octanol–water partition coefficient (Wildman–Crippen LogP) is 4.21. The van der Waals surface area contributed by atoms with E-state index in [1.165, 1.54) is 0 Å². The Morgan fingerprint density at radius 3 is 2.67 bits per heavy atom. The summed E-state index contributed by atoms with van der Waals surface area (Å²) in [5.74, 6) is 0. The number of halogens is 2. The molecule has 15 heavy (non-hydrogen) atoms. The fourth-order valence-electron chi connectivity index (χ4n) is 1.19. The van der Waals surface area contributed by atoms with Crippen molar-refractivity contribution in [1.82, 2.24) is 0 Å². The second-order valence-electron chi connectivity index (χ2n) is 3.47. The zero-order chi connectivity index (χ0) is 11.4. The van der Waals surface area contributed by atoms with Gasteiger partial charge in [-0.15, -0.1) is 11.8 Å². The van der Waals surface area contributed by atoms with Crippen LogP contribution < -0.4 is 5.73 Å². The smallest absolute Gasteiger partial charge is 0.0543 e. The van der Waals surface area contributed by atoms with Gasteiger partial charge in [-0.05, 0) is 24.6 Å². The van der Waals surface area contributed by atoms with Gasteiger partial charge < -0.3 is 5.73 Å². The first kappa shape index (κ1) is 13.2. The Balaban J connectivity index is 2.75. The van der Waals surface area contributed by atoms with E-state index in [-0.39, 0.29) is 6.04 Å². The first-order valence-corrected chi connectivity index (χ1v) is 6.55. The molecule has 0 aliphatic rings. The molecule has 2 unspecified atom stereocenters. The molecule has 0 amide bonds. The predicted molar refractivity (Wildman–Crippen MR) is 70.0 cm³/mol. The van der Waals surface area contributed by atoms with E-state index < -0.39 is 0 Å². The summed E-state index contributed by atoms with van der Waals surface area (Å²) >= 11 is 13.7. The molecule has 0 bridgehead atoms. The molecule has 4 heteroatoms. The lowest BCUT2D eigenvalue weighted by Gasteiger charge is -2.18. The molecule has 0 aromatic heterocycles. The highest BCUT2D eigenvalue weighted by molar-refractivity contribution is 8.00. The second kappa shape index (κ2) is 6.00. The third-order valence-electron chi connectivity index (χ3n) is 2.28. The Morgan fingerprint density at radius 1 is 1.40 bits per heavy atom. The Bertz CT molecular complexity index is 330. The summed E-state index contributed by atoms with van der Waals surface area (Å²) < 4.78 is 0. The maximum atomic E-state index is 6.07. The zero-order valence-electron chi connectivity index (χ0n) is 8.84.